The van der Waals surface area contributed by atoms with E-state index in [4.69, 9.17) is 17.3 Å². The highest BCUT2D eigenvalue weighted by atomic mass is 35.5. The van der Waals surface area contributed by atoms with Crippen molar-refractivity contribution in [3.05, 3.63) is 98.6 Å². The molecule has 170 valence electrons. The summed E-state index contributed by atoms with van der Waals surface area (Å²) in [5.74, 6) is -0.228. The summed E-state index contributed by atoms with van der Waals surface area (Å²) in [5, 5.41) is 8.95. The van der Waals surface area contributed by atoms with Gasteiger partial charge in [-0.25, -0.2) is 0 Å². The van der Waals surface area contributed by atoms with Crippen LogP contribution in [0.3, 0.4) is 0 Å². The summed E-state index contributed by atoms with van der Waals surface area (Å²) in [4.78, 5) is 25.7. The van der Waals surface area contributed by atoms with E-state index in [1.54, 1.807) is 22.9 Å². The maximum Gasteiger partial charge on any atom is 0.254 e. The normalized spacial score (nSPS) is 11.1. The van der Waals surface area contributed by atoms with E-state index in [1.165, 1.54) is 0 Å². The van der Waals surface area contributed by atoms with E-state index in [0.29, 0.717) is 36.8 Å². The molecule has 0 saturated carbocycles. The summed E-state index contributed by atoms with van der Waals surface area (Å²) >= 11 is 6.07. The van der Waals surface area contributed by atoms with Gasteiger partial charge in [0.25, 0.3) is 5.56 Å². The average molecular weight is 464 g/mol. The standard InChI is InChI=1S/C25H26ClN5O2/c1-17-8-9-30(10-11-31-23-5-3-2-4-19(23)16-29-31)25(33)22(17)13-24(32)28-15-20-12-21(26)7-6-18(20)14-27/h2-9,12,16H,10-11,13-15,27H2,1H3,(H,28,32). The van der Waals surface area contributed by atoms with Crippen molar-refractivity contribution in [2.24, 2.45) is 5.73 Å². The van der Waals surface area contributed by atoms with Crippen LogP contribution in [0.5, 0.6) is 0 Å². The van der Waals surface area contributed by atoms with Crippen LogP contribution >= 0.6 is 11.6 Å². The third kappa shape index (κ3) is 5.16. The number of aryl methyl sites for hydroxylation is 3. The Balaban J connectivity index is 1.45. The van der Waals surface area contributed by atoms with Crippen LogP contribution in [0.4, 0.5) is 0 Å². The van der Waals surface area contributed by atoms with Gasteiger partial charge in [0, 0.05) is 41.8 Å². The van der Waals surface area contributed by atoms with Crippen molar-refractivity contribution < 1.29 is 4.79 Å². The van der Waals surface area contributed by atoms with Crippen LogP contribution < -0.4 is 16.6 Å². The van der Waals surface area contributed by atoms with Gasteiger partial charge in [0.05, 0.1) is 24.7 Å². The Morgan fingerprint density at radius 2 is 1.94 bits per heavy atom. The Labute approximate surface area is 196 Å². The molecule has 0 saturated heterocycles. The molecular weight excluding hydrogens is 438 g/mol. The lowest BCUT2D eigenvalue weighted by molar-refractivity contribution is -0.120. The molecule has 2 aromatic heterocycles. The van der Waals surface area contributed by atoms with Crippen molar-refractivity contribution in [2.75, 3.05) is 0 Å². The number of amides is 1. The van der Waals surface area contributed by atoms with Gasteiger partial charge in [0.1, 0.15) is 0 Å². The zero-order chi connectivity index (χ0) is 23.4. The number of benzene rings is 2. The molecule has 0 radical (unpaired) electrons. The number of fused-ring (bicyclic) bond motifs is 1. The first kappa shape index (κ1) is 22.8. The number of hydrogen-bond donors (Lipinski definition) is 2. The zero-order valence-electron chi connectivity index (χ0n) is 18.4. The molecule has 0 spiro atoms. The number of nitrogens with one attached hydrogen (secondary N) is 1. The number of para-hydroxylation sites is 1. The molecule has 7 nitrogen and oxygen atoms in total. The van der Waals surface area contributed by atoms with E-state index in [2.05, 4.69) is 10.4 Å². The number of pyridine rings is 1. The minimum atomic E-state index is -0.228. The van der Waals surface area contributed by atoms with Crippen molar-refractivity contribution in [3.8, 4) is 0 Å². The van der Waals surface area contributed by atoms with Crippen LogP contribution in [0.15, 0.2) is 65.7 Å². The highest BCUT2D eigenvalue weighted by molar-refractivity contribution is 6.30. The quantitative estimate of drug-likeness (QED) is 0.419. The number of carbonyl (C=O) groups is 1. The SMILES string of the molecule is Cc1ccn(CCn2ncc3ccccc32)c(=O)c1CC(=O)NCc1cc(Cl)ccc1CN. The minimum Gasteiger partial charge on any atom is -0.352 e. The van der Waals surface area contributed by atoms with Gasteiger partial charge >= 0.3 is 0 Å². The number of carbonyl (C=O) groups excluding carboxylic acids is 1. The first-order chi connectivity index (χ1) is 16.0. The molecule has 2 heterocycles. The lowest BCUT2D eigenvalue weighted by atomic mass is 10.1. The van der Waals surface area contributed by atoms with Crippen LogP contribution in [0.1, 0.15) is 22.3 Å². The van der Waals surface area contributed by atoms with Crippen LogP contribution in [-0.4, -0.2) is 20.3 Å². The number of nitrogens with two attached hydrogens (primary N) is 1. The fourth-order valence-electron chi connectivity index (χ4n) is 3.88. The Morgan fingerprint density at radius 3 is 2.76 bits per heavy atom. The predicted octanol–water partition coefficient (Wildman–Crippen LogP) is 3.18. The molecule has 0 unspecified atom stereocenters. The van der Waals surface area contributed by atoms with Gasteiger partial charge < -0.3 is 15.6 Å². The van der Waals surface area contributed by atoms with E-state index in [9.17, 15) is 9.59 Å². The van der Waals surface area contributed by atoms with Gasteiger partial charge in [0.15, 0.2) is 0 Å². The number of rotatable bonds is 8. The predicted molar refractivity (Wildman–Crippen MR) is 130 cm³/mol. The van der Waals surface area contributed by atoms with E-state index in [-0.39, 0.29) is 17.9 Å². The molecule has 0 aliphatic rings. The van der Waals surface area contributed by atoms with Gasteiger partial charge in [-0.1, -0.05) is 35.9 Å². The number of nitrogens with zero attached hydrogens (tertiary/aromatic N) is 3. The second-order valence-electron chi connectivity index (χ2n) is 7.97. The third-order valence-corrected chi connectivity index (χ3v) is 6.04. The Morgan fingerprint density at radius 1 is 1.12 bits per heavy atom. The zero-order valence-corrected chi connectivity index (χ0v) is 19.2. The highest BCUT2D eigenvalue weighted by Crippen LogP contribution is 2.16. The van der Waals surface area contributed by atoms with Gasteiger partial charge in [-0.15, -0.1) is 0 Å². The van der Waals surface area contributed by atoms with Gasteiger partial charge in [-0.3, -0.25) is 14.3 Å². The summed E-state index contributed by atoms with van der Waals surface area (Å²) in [7, 11) is 0. The van der Waals surface area contributed by atoms with Gasteiger partial charge in [0.2, 0.25) is 5.91 Å². The molecule has 4 rings (SSSR count). The molecule has 0 aliphatic carbocycles. The van der Waals surface area contributed by atoms with Crippen LogP contribution in [-0.2, 0) is 37.4 Å². The fraction of sp³-hybridized carbons (Fsp3) is 0.240. The van der Waals surface area contributed by atoms with E-state index < -0.39 is 0 Å². The van der Waals surface area contributed by atoms with Crippen molar-refractivity contribution >= 4 is 28.4 Å². The first-order valence-corrected chi connectivity index (χ1v) is 11.2. The Bertz CT molecular complexity index is 1360. The monoisotopic (exact) mass is 463 g/mol. The molecule has 0 bridgehead atoms. The molecular formula is C25H26ClN5O2. The van der Waals surface area contributed by atoms with Crippen molar-refractivity contribution in [2.45, 2.75) is 39.5 Å². The number of halogens is 1. The average Bonchev–Trinajstić information content (AvgIpc) is 3.23. The van der Waals surface area contributed by atoms with Gasteiger partial charge in [-0.2, -0.15) is 5.10 Å². The fourth-order valence-corrected chi connectivity index (χ4v) is 4.08. The Hall–Kier alpha value is -3.42. The number of hydrogen-bond acceptors (Lipinski definition) is 4. The third-order valence-electron chi connectivity index (χ3n) is 5.80. The van der Waals surface area contributed by atoms with Crippen molar-refractivity contribution in [1.82, 2.24) is 19.7 Å². The lowest BCUT2D eigenvalue weighted by Crippen LogP contribution is -2.31. The molecule has 0 aliphatic heterocycles. The second kappa shape index (κ2) is 10.0. The minimum absolute atomic E-state index is 0.00866. The molecule has 2 aromatic carbocycles. The highest BCUT2D eigenvalue weighted by Gasteiger charge is 2.13. The second-order valence-corrected chi connectivity index (χ2v) is 8.41. The molecule has 4 aromatic rings. The summed E-state index contributed by atoms with van der Waals surface area (Å²) < 4.78 is 3.52. The molecule has 1 amide bonds. The lowest BCUT2D eigenvalue weighted by Gasteiger charge is -2.13. The van der Waals surface area contributed by atoms with Crippen LogP contribution in [0.2, 0.25) is 5.02 Å². The van der Waals surface area contributed by atoms with Crippen LogP contribution in [0.25, 0.3) is 10.9 Å². The molecule has 0 atom stereocenters. The van der Waals surface area contributed by atoms with E-state index in [0.717, 1.165) is 27.6 Å². The smallest absolute Gasteiger partial charge is 0.254 e. The molecule has 33 heavy (non-hydrogen) atoms. The van der Waals surface area contributed by atoms with Gasteiger partial charge in [-0.05, 0) is 47.9 Å². The largest absolute Gasteiger partial charge is 0.352 e. The molecule has 8 heteroatoms. The Kier molecular flexibility index (Phi) is 6.91. The first-order valence-electron chi connectivity index (χ1n) is 10.8. The number of aromatic nitrogens is 3. The summed E-state index contributed by atoms with van der Waals surface area (Å²) in [5.41, 5.74) is 9.71. The van der Waals surface area contributed by atoms with E-state index >= 15 is 0 Å². The van der Waals surface area contributed by atoms with Crippen molar-refractivity contribution in [3.63, 3.8) is 0 Å². The topological polar surface area (TPSA) is 94.9 Å². The summed E-state index contributed by atoms with van der Waals surface area (Å²) in [6.45, 7) is 3.52. The van der Waals surface area contributed by atoms with Crippen LogP contribution in [0, 0.1) is 6.92 Å². The summed E-state index contributed by atoms with van der Waals surface area (Å²) in [6, 6.07) is 15.2. The molecule has 3 N–H and O–H groups in total. The summed E-state index contributed by atoms with van der Waals surface area (Å²) in [6.07, 6.45) is 3.60. The molecule has 0 fully saturated rings. The van der Waals surface area contributed by atoms with E-state index in [1.807, 2.05) is 54.2 Å². The maximum absolute atomic E-state index is 13.1. The van der Waals surface area contributed by atoms with Crippen molar-refractivity contribution in [1.29, 1.82) is 0 Å². The maximum atomic E-state index is 13.1.